The fourth-order valence-corrected chi connectivity index (χ4v) is 4.16. The van der Waals surface area contributed by atoms with Crippen LogP contribution in [0.5, 0.6) is 0 Å². The average Bonchev–Trinajstić information content (AvgIpc) is 2.73. The van der Waals surface area contributed by atoms with E-state index in [2.05, 4.69) is 5.32 Å². The van der Waals surface area contributed by atoms with E-state index in [4.69, 9.17) is 0 Å². The minimum Gasteiger partial charge on any atom is -0.341 e. The van der Waals surface area contributed by atoms with Crippen molar-refractivity contribution in [2.75, 3.05) is 26.2 Å². The van der Waals surface area contributed by atoms with Crippen LogP contribution in [0.3, 0.4) is 0 Å². The Morgan fingerprint density at radius 3 is 2.29 bits per heavy atom. The summed E-state index contributed by atoms with van der Waals surface area (Å²) < 4.78 is 0. The summed E-state index contributed by atoms with van der Waals surface area (Å²) in [6.07, 6.45) is 5.53. The Kier molecular flexibility index (Phi) is 6.70. The van der Waals surface area contributed by atoms with Crippen molar-refractivity contribution in [2.45, 2.75) is 52.0 Å². The van der Waals surface area contributed by atoms with Crippen molar-refractivity contribution in [3.63, 3.8) is 0 Å². The third-order valence-corrected chi connectivity index (χ3v) is 5.86. The van der Waals surface area contributed by atoms with Gasteiger partial charge in [-0.05, 0) is 38.8 Å². The molecule has 0 radical (unpaired) electrons. The fraction of sp³-hybridized carbons (Fsp3) is 0.591. The standard InChI is InChI=1S/C22H31N3O3/c1-16-7-6-10-19(15-16)20(26)23-17(2)21(27)24-11-13-25(14-12-24)22(28)18-8-4-3-5-9-18/h6-7,10,15,17-18H,3-5,8-9,11-14H2,1-2H3,(H,23,26). The Labute approximate surface area is 167 Å². The third-order valence-electron chi connectivity index (χ3n) is 5.86. The zero-order valence-corrected chi connectivity index (χ0v) is 16.9. The molecule has 1 atom stereocenters. The number of rotatable bonds is 4. The van der Waals surface area contributed by atoms with E-state index < -0.39 is 6.04 Å². The molecule has 1 saturated heterocycles. The van der Waals surface area contributed by atoms with E-state index in [0.29, 0.717) is 31.7 Å². The highest BCUT2D eigenvalue weighted by Crippen LogP contribution is 2.25. The molecule has 28 heavy (non-hydrogen) atoms. The van der Waals surface area contributed by atoms with Crippen molar-refractivity contribution >= 4 is 17.7 Å². The van der Waals surface area contributed by atoms with Gasteiger partial charge in [-0.15, -0.1) is 0 Å². The van der Waals surface area contributed by atoms with Crippen LogP contribution >= 0.6 is 0 Å². The SMILES string of the molecule is Cc1cccc(C(=O)NC(C)C(=O)N2CCN(C(=O)C3CCCCC3)CC2)c1. The third kappa shape index (κ3) is 4.91. The van der Waals surface area contributed by atoms with Gasteiger partial charge in [0.05, 0.1) is 0 Å². The van der Waals surface area contributed by atoms with Gasteiger partial charge in [0.15, 0.2) is 0 Å². The van der Waals surface area contributed by atoms with Crippen molar-refractivity contribution in [3.05, 3.63) is 35.4 Å². The molecule has 6 nitrogen and oxygen atoms in total. The molecule has 2 fully saturated rings. The van der Waals surface area contributed by atoms with Crippen molar-refractivity contribution in [2.24, 2.45) is 5.92 Å². The molecule has 3 amide bonds. The molecule has 1 aliphatic heterocycles. The molecule has 0 aromatic heterocycles. The number of carbonyl (C=O) groups is 3. The maximum absolute atomic E-state index is 12.7. The number of amides is 3. The summed E-state index contributed by atoms with van der Waals surface area (Å²) in [4.78, 5) is 41.4. The molecular weight excluding hydrogens is 354 g/mol. The van der Waals surface area contributed by atoms with Crippen molar-refractivity contribution in [3.8, 4) is 0 Å². The molecule has 152 valence electrons. The number of nitrogens with one attached hydrogen (secondary N) is 1. The topological polar surface area (TPSA) is 69.7 Å². The van der Waals surface area contributed by atoms with Gasteiger partial charge >= 0.3 is 0 Å². The molecule has 1 N–H and O–H groups in total. The van der Waals surface area contributed by atoms with Gasteiger partial charge in [-0.25, -0.2) is 0 Å². The first-order valence-electron chi connectivity index (χ1n) is 10.4. The Balaban J connectivity index is 1.48. The quantitative estimate of drug-likeness (QED) is 0.865. The number of piperazine rings is 1. The number of nitrogens with zero attached hydrogens (tertiary/aromatic N) is 2. The lowest BCUT2D eigenvalue weighted by Gasteiger charge is -2.38. The second kappa shape index (κ2) is 9.22. The van der Waals surface area contributed by atoms with Gasteiger partial charge in [0, 0.05) is 37.7 Å². The fourth-order valence-electron chi connectivity index (χ4n) is 4.16. The minimum absolute atomic E-state index is 0.0919. The van der Waals surface area contributed by atoms with Crippen LogP contribution in [0.15, 0.2) is 24.3 Å². The molecular formula is C22H31N3O3. The number of aryl methyl sites for hydroxylation is 1. The number of hydrogen-bond donors (Lipinski definition) is 1. The lowest BCUT2D eigenvalue weighted by Crippen LogP contribution is -2.56. The monoisotopic (exact) mass is 385 g/mol. The van der Waals surface area contributed by atoms with Crippen LogP contribution in [-0.2, 0) is 9.59 Å². The number of carbonyl (C=O) groups excluding carboxylic acids is 3. The van der Waals surface area contributed by atoms with Crippen LogP contribution in [0.4, 0.5) is 0 Å². The molecule has 2 aliphatic rings. The van der Waals surface area contributed by atoms with E-state index in [1.807, 2.05) is 30.0 Å². The van der Waals surface area contributed by atoms with Crippen LogP contribution in [0.1, 0.15) is 54.9 Å². The predicted molar refractivity (Wildman–Crippen MR) is 108 cm³/mol. The second-order valence-corrected chi connectivity index (χ2v) is 8.05. The van der Waals surface area contributed by atoms with E-state index >= 15 is 0 Å². The lowest BCUT2D eigenvalue weighted by atomic mass is 9.88. The van der Waals surface area contributed by atoms with Gasteiger partial charge in [0.1, 0.15) is 6.04 Å². The van der Waals surface area contributed by atoms with Gasteiger partial charge in [-0.1, -0.05) is 37.0 Å². The Morgan fingerprint density at radius 2 is 1.64 bits per heavy atom. The molecule has 6 heteroatoms. The summed E-state index contributed by atoms with van der Waals surface area (Å²) in [5.74, 6) is 0.0950. The van der Waals surface area contributed by atoms with Crippen LogP contribution in [0.25, 0.3) is 0 Å². The van der Waals surface area contributed by atoms with Gasteiger partial charge in [-0.3, -0.25) is 14.4 Å². The molecule has 0 spiro atoms. The van der Waals surface area contributed by atoms with Gasteiger partial charge in [0.25, 0.3) is 5.91 Å². The van der Waals surface area contributed by atoms with Gasteiger partial charge in [0.2, 0.25) is 11.8 Å². The second-order valence-electron chi connectivity index (χ2n) is 8.05. The number of hydrogen-bond acceptors (Lipinski definition) is 3. The van der Waals surface area contributed by atoms with Crippen molar-refractivity contribution in [1.29, 1.82) is 0 Å². The molecule has 1 aromatic carbocycles. The average molecular weight is 386 g/mol. The normalized spacial score (nSPS) is 19.2. The summed E-state index contributed by atoms with van der Waals surface area (Å²) in [6, 6.07) is 6.73. The lowest BCUT2D eigenvalue weighted by molar-refractivity contribution is -0.143. The minimum atomic E-state index is -0.589. The first-order valence-corrected chi connectivity index (χ1v) is 10.4. The smallest absolute Gasteiger partial charge is 0.251 e. The Morgan fingerprint density at radius 1 is 1.00 bits per heavy atom. The summed E-state index contributed by atoms with van der Waals surface area (Å²) in [6.45, 7) is 5.87. The highest BCUT2D eigenvalue weighted by atomic mass is 16.2. The van der Waals surface area contributed by atoms with E-state index in [1.54, 1.807) is 17.9 Å². The first-order chi connectivity index (χ1) is 13.5. The molecule has 1 saturated carbocycles. The summed E-state index contributed by atoms with van der Waals surface area (Å²) in [7, 11) is 0. The molecule has 1 aromatic rings. The number of benzene rings is 1. The van der Waals surface area contributed by atoms with Gasteiger partial charge < -0.3 is 15.1 Å². The van der Waals surface area contributed by atoms with Crippen molar-refractivity contribution in [1.82, 2.24) is 15.1 Å². The van der Waals surface area contributed by atoms with Gasteiger partial charge in [-0.2, -0.15) is 0 Å². The van der Waals surface area contributed by atoms with E-state index in [9.17, 15) is 14.4 Å². The Hall–Kier alpha value is -2.37. The highest BCUT2D eigenvalue weighted by molar-refractivity contribution is 5.97. The van der Waals surface area contributed by atoms with Crippen LogP contribution in [0.2, 0.25) is 0 Å². The summed E-state index contributed by atoms with van der Waals surface area (Å²) in [5, 5.41) is 2.80. The maximum Gasteiger partial charge on any atom is 0.251 e. The van der Waals surface area contributed by atoms with Crippen molar-refractivity contribution < 1.29 is 14.4 Å². The molecule has 1 unspecified atom stereocenters. The van der Waals surface area contributed by atoms with E-state index in [-0.39, 0.29) is 23.6 Å². The molecule has 1 aliphatic carbocycles. The molecule has 1 heterocycles. The maximum atomic E-state index is 12.7. The molecule has 3 rings (SSSR count). The van der Waals surface area contributed by atoms with E-state index in [1.165, 1.54) is 6.42 Å². The molecule has 0 bridgehead atoms. The predicted octanol–water partition coefficient (Wildman–Crippen LogP) is 2.36. The summed E-state index contributed by atoms with van der Waals surface area (Å²) in [5.41, 5.74) is 1.56. The zero-order valence-electron chi connectivity index (χ0n) is 16.9. The zero-order chi connectivity index (χ0) is 20.1. The first kappa shape index (κ1) is 20.4. The van der Waals surface area contributed by atoms with Crippen LogP contribution in [0, 0.1) is 12.8 Å². The van der Waals surface area contributed by atoms with Crippen LogP contribution in [-0.4, -0.2) is 59.7 Å². The summed E-state index contributed by atoms with van der Waals surface area (Å²) >= 11 is 0. The largest absolute Gasteiger partial charge is 0.341 e. The van der Waals surface area contributed by atoms with E-state index in [0.717, 1.165) is 31.2 Å². The Bertz CT molecular complexity index is 719. The van der Waals surface area contributed by atoms with Crippen LogP contribution < -0.4 is 5.32 Å². The highest BCUT2D eigenvalue weighted by Gasteiger charge is 2.31.